The normalized spacial score (nSPS) is 37.2. The highest BCUT2D eigenvalue weighted by molar-refractivity contribution is 14.1. The number of rotatable bonds is 4. The minimum Gasteiger partial charge on any atom is -0.370 e. The van der Waals surface area contributed by atoms with E-state index in [2.05, 4.69) is 75.4 Å². The molecule has 2 saturated heterocycles. The molecule has 2 aliphatic rings. The Bertz CT molecular complexity index is 550. The third kappa shape index (κ3) is 2.53. The zero-order valence-electron chi connectivity index (χ0n) is 14.3. The molecule has 4 atom stereocenters. The fourth-order valence-corrected chi connectivity index (χ4v) is 6.13. The van der Waals surface area contributed by atoms with Gasteiger partial charge in [-0.05, 0) is 49.8 Å². The molecule has 0 radical (unpaired) electrons. The second kappa shape index (κ2) is 5.75. The van der Waals surface area contributed by atoms with Crippen LogP contribution in [0.5, 0.6) is 0 Å². The zero-order valence-corrected chi connectivity index (χ0v) is 16.4. The molecule has 122 valence electrons. The van der Waals surface area contributed by atoms with E-state index in [1.165, 1.54) is 16.7 Å². The molecule has 0 spiro atoms. The van der Waals surface area contributed by atoms with Gasteiger partial charge in [0, 0.05) is 10.3 Å². The molecule has 2 fully saturated rings. The standard InChI is InChI=1S/C19H27IO2/c1-12(2)19-10-17(18(5,22-19)9-16(19)20)21-11-15-13(3)7-6-8-14(15)4/h6-8,12,16-17H,9-11H2,1-5H3/t16-,17+,18-,19+/m1/s1. The molecular formula is C19H27IO2. The van der Waals surface area contributed by atoms with Gasteiger partial charge in [0.15, 0.2) is 0 Å². The van der Waals surface area contributed by atoms with Gasteiger partial charge in [0.1, 0.15) is 0 Å². The number of aryl methyl sites for hydroxylation is 2. The van der Waals surface area contributed by atoms with E-state index in [-0.39, 0.29) is 17.3 Å². The maximum atomic E-state index is 6.55. The fourth-order valence-electron chi connectivity index (χ4n) is 4.15. The van der Waals surface area contributed by atoms with Crippen molar-refractivity contribution in [2.45, 2.75) is 75.3 Å². The average molecular weight is 414 g/mol. The maximum Gasteiger partial charge on any atom is 0.0935 e. The molecule has 1 aromatic rings. The largest absolute Gasteiger partial charge is 0.370 e. The molecule has 0 N–H and O–H groups in total. The van der Waals surface area contributed by atoms with Crippen LogP contribution in [0.15, 0.2) is 18.2 Å². The van der Waals surface area contributed by atoms with Crippen molar-refractivity contribution in [1.29, 1.82) is 0 Å². The van der Waals surface area contributed by atoms with Crippen LogP contribution in [0.2, 0.25) is 0 Å². The van der Waals surface area contributed by atoms with E-state index in [9.17, 15) is 0 Å². The van der Waals surface area contributed by atoms with Gasteiger partial charge in [0.2, 0.25) is 0 Å². The molecule has 0 aliphatic carbocycles. The molecule has 3 heteroatoms. The van der Waals surface area contributed by atoms with Crippen molar-refractivity contribution < 1.29 is 9.47 Å². The third-order valence-corrected chi connectivity index (χ3v) is 7.27. The molecule has 2 nitrogen and oxygen atoms in total. The first-order valence-electron chi connectivity index (χ1n) is 8.29. The molecule has 0 aromatic heterocycles. The van der Waals surface area contributed by atoms with Crippen LogP contribution < -0.4 is 0 Å². The van der Waals surface area contributed by atoms with Crippen molar-refractivity contribution in [2.75, 3.05) is 0 Å². The van der Waals surface area contributed by atoms with E-state index < -0.39 is 0 Å². The van der Waals surface area contributed by atoms with E-state index in [4.69, 9.17) is 9.47 Å². The molecule has 0 amide bonds. The quantitative estimate of drug-likeness (QED) is 0.512. The van der Waals surface area contributed by atoms with Crippen molar-refractivity contribution >= 4 is 22.6 Å². The van der Waals surface area contributed by atoms with Gasteiger partial charge in [-0.2, -0.15) is 0 Å². The van der Waals surface area contributed by atoms with E-state index in [0.29, 0.717) is 16.4 Å². The summed E-state index contributed by atoms with van der Waals surface area (Å²) in [5.41, 5.74) is 3.85. The fraction of sp³-hybridized carbons (Fsp3) is 0.684. The highest BCUT2D eigenvalue weighted by Crippen LogP contribution is 2.57. The highest BCUT2D eigenvalue weighted by Gasteiger charge is 2.65. The number of hydrogen-bond donors (Lipinski definition) is 0. The summed E-state index contributed by atoms with van der Waals surface area (Å²) in [5.74, 6) is 0.532. The molecular weight excluding hydrogens is 387 g/mol. The Hall–Kier alpha value is -0.130. The lowest BCUT2D eigenvalue weighted by Crippen LogP contribution is -2.44. The van der Waals surface area contributed by atoms with Crippen LogP contribution in [0, 0.1) is 19.8 Å². The van der Waals surface area contributed by atoms with E-state index in [0.717, 1.165) is 12.8 Å². The van der Waals surface area contributed by atoms with Crippen molar-refractivity contribution in [3.63, 3.8) is 0 Å². The Morgan fingerprint density at radius 3 is 2.45 bits per heavy atom. The minimum atomic E-state index is -0.118. The summed E-state index contributed by atoms with van der Waals surface area (Å²) in [6, 6.07) is 6.45. The van der Waals surface area contributed by atoms with Crippen molar-refractivity contribution in [2.24, 2.45) is 5.92 Å². The number of benzene rings is 1. The molecule has 22 heavy (non-hydrogen) atoms. The first kappa shape index (κ1) is 16.7. The summed E-state index contributed by atoms with van der Waals surface area (Å²) in [5, 5.41) is 0. The summed E-state index contributed by atoms with van der Waals surface area (Å²) >= 11 is 2.58. The number of halogens is 1. The molecule has 0 saturated carbocycles. The van der Waals surface area contributed by atoms with Crippen LogP contribution in [-0.2, 0) is 16.1 Å². The Balaban J connectivity index is 1.75. The van der Waals surface area contributed by atoms with Crippen LogP contribution in [-0.4, -0.2) is 21.2 Å². The highest BCUT2D eigenvalue weighted by atomic mass is 127. The Kier molecular flexibility index (Phi) is 4.37. The summed E-state index contributed by atoms with van der Waals surface area (Å²) < 4.78 is 13.5. The van der Waals surface area contributed by atoms with E-state index in [1.54, 1.807) is 0 Å². The lowest BCUT2D eigenvalue weighted by atomic mass is 9.75. The van der Waals surface area contributed by atoms with Gasteiger partial charge < -0.3 is 9.47 Å². The molecule has 2 bridgehead atoms. The SMILES string of the molecule is Cc1cccc(C)c1CO[C@H]1C[C@@]2(C(C)C)O[C@]1(C)C[C@H]2I. The molecule has 3 rings (SSSR count). The number of alkyl halides is 1. The van der Waals surface area contributed by atoms with Crippen LogP contribution in [0.3, 0.4) is 0 Å². The maximum absolute atomic E-state index is 6.55. The summed E-state index contributed by atoms with van der Waals surface area (Å²) in [6.07, 6.45) is 2.34. The van der Waals surface area contributed by atoms with Gasteiger partial charge in [0.25, 0.3) is 0 Å². The molecule has 2 heterocycles. The van der Waals surface area contributed by atoms with E-state index >= 15 is 0 Å². The molecule has 1 aromatic carbocycles. The average Bonchev–Trinajstić information content (AvgIpc) is 2.86. The molecule has 2 aliphatic heterocycles. The number of hydrogen-bond acceptors (Lipinski definition) is 2. The molecule has 0 unspecified atom stereocenters. The van der Waals surface area contributed by atoms with Crippen molar-refractivity contribution in [1.82, 2.24) is 0 Å². The minimum absolute atomic E-state index is 0.000748. The predicted molar refractivity (Wildman–Crippen MR) is 98.6 cm³/mol. The smallest absolute Gasteiger partial charge is 0.0935 e. The summed E-state index contributed by atoms with van der Waals surface area (Å²) in [6.45, 7) is 11.8. The Morgan fingerprint density at radius 1 is 1.27 bits per heavy atom. The Labute approximate surface area is 148 Å². The second-order valence-corrected chi connectivity index (χ2v) is 9.07. The Morgan fingerprint density at radius 2 is 1.91 bits per heavy atom. The first-order valence-corrected chi connectivity index (χ1v) is 9.54. The number of ether oxygens (including phenoxy) is 2. The van der Waals surface area contributed by atoms with Crippen LogP contribution in [0.1, 0.15) is 50.3 Å². The van der Waals surface area contributed by atoms with Gasteiger partial charge in [0.05, 0.1) is 23.9 Å². The lowest BCUT2D eigenvalue weighted by molar-refractivity contribution is -0.0955. The topological polar surface area (TPSA) is 18.5 Å². The van der Waals surface area contributed by atoms with Gasteiger partial charge in [-0.3, -0.25) is 0 Å². The first-order chi connectivity index (χ1) is 10.3. The van der Waals surface area contributed by atoms with Crippen molar-refractivity contribution in [3.05, 3.63) is 34.9 Å². The lowest BCUT2D eigenvalue weighted by Gasteiger charge is -2.35. The predicted octanol–water partition coefficient (Wildman–Crippen LogP) is 4.97. The van der Waals surface area contributed by atoms with E-state index in [1.807, 2.05) is 0 Å². The van der Waals surface area contributed by atoms with Crippen LogP contribution in [0.25, 0.3) is 0 Å². The summed E-state index contributed by atoms with van der Waals surface area (Å²) in [7, 11) is 0. The second-order valence-electron chi connectivity index (χ2n) is 7.57. The summed E-state index contributed by atoms with van der Waals surface area (Å²) in [4.78, 5) is 0. The van der Waals surface area contributed by atoms with Gasteiger partial charge in [-0.1, -0.05) is 54.6 Å². The zero-order chi connectivity index (χ0) is 16.1. The van der Waals surface area contributed by atoms with Crippen molar-refractivity contribution in [3.8, 4) is 0 Å². The third-order valence-electron chi connectivity index (χ3n) is 5.77. The monoisotopic (exact) mass is 414 g/mol. The van der Waals surface area contributed by atoms with Gasteiger partial charge in [-0.25, -0.2) is 0 Å². The van der Waals surface area contributed by atoms with Crippen LogP contribution >= 0.6 is 22.6 Å². The van der Waals surface area contributed by atoms with Crippen LogP contribution in [0.4, 0.5) is 0 Å². The van der Waals surface area contributed by atoms with Gasteiger partial charge >= 0.3 is 0 Å². The number of fused-ring (bicyclic) bond motifs is 2. The van der Waals surface area contributed by atoms with Gasteiger partial charge in [-0.15, -0.1) is 0 Å².